The highest BCUT2D eigenvalue weighted by atomic mass is 32.2. The fraction of sp³-hybridized carbons (Fsp3) is 0.290. The number of thioether (sulfide) groups is 1. The Labute approximate surface area is 217 Å². The Morgan fingerprint density at radius 2 is 1.69 bits per heavy atom. The van der Waals surface area contributed by atoms with Crippen LogP contribution in [0.4, 0.5) is 0 Å². The molecule has 0 spiro atoms. The van der Waals surface area contributed by atoms with Crippen LogP contribution in [0.1, 0.15) is 58.3 Å². The number of hydrogen-bond donors (Lipinski definition) is 1. The van der Waals surface area contributed by atoms with Crippen molar-refractivity contribution in [2.24, 2.45) is 0 Å². The SMILES string of the molecule is Cc1ccccc1CN1C(=O)/C(=C\c2ccc(C(=O)NCc3ccccc3)cc2)SC2CCCCC21. The highest BCUT2D eigenvalue weighted by Gasteiger charge is 2.40. The first-order valence-corrected chi connectivity index (χ1v) is 13.6. The van der Waals surface area contributed by atoms with Gasteiger partial charge in [0.2, 0.25) is 0 Å². The minimum Gasteiger partial charge on any atom is -0.348 e. The minimum atomic E-state index is -0.101. The van der Waals surface area contributed by atoms with E-state index >= 15 is 0 Å². The van der Waals surface area contributed by atoms with E-state index < -0.39 is 0 Å². The highest BCUT2D eigenvalue weighted by molar-refractivity contribution is 8.04. The number of rotatable bonds is 6. The van der Waals surface area contributed by atoms with Crippen molar-refractivity contribution in [2.45, 2.75) is 57.0 Å². The second-order valence-corrected chi connectivity index (χ2v) is 10.9. The summed E-state index contributed by atoms with van der Waals surface area (Å²) in [7, 11) is 0. The third-order valence-electron chi connectivity index (χ3n) is 7.19. The summed E-state index contributed by atoms with van der Waals surface area (Å²) in [5.41, 5.74) is 5.06. The summed E-state index contributed by atoms with van der Waals surface area (Å²) in [5, 5.41) is 3.41. The predicted octanol–water partition coefficient (Wildman–Crippen LogP) is 6.35. The Hall–Kier alpha value is -3.31. The second-order valence-electron chi connectivity index (χ2n) is 9.67. The van der Waals surface area contributed by atoms with Gasteiger partial charge >= 0.3 is 0 Å². The number of carbonyl (C=O) groups is 2. The molecule has 2 unspecified atom stereocenters. The zero-order valence-corrected chi connectivity index (χ0v) is 21.5. The average molecular weight is 497 g/mol. The number of benzene rings is 3. The van der Waals surface area contributed by atoms with Gasteiger partial charge in [-0.1, -0.05) is 79.6 Å². The Balaban J connectivity index is 1.31. The molecule has 36 heavy (non-hydrogen) atoms. The Morgan fingerprint density at radius 1 is 0.972 bits per heavy atom. The van der Waals surface area contributed by atoms with E-state index in [9.17, 15) is 9.59 Å². The fourth-order valence-corrected chi connectivity index (χ4v) is 6.57. The van der Waals surface area contributed by atoms with Crippen molar-refractivity contribution in [1.29, 1.82) is 0 Å². The molecule has 2 fully saturated rings. The third kappa shape index (κ3) is 5.57. The molecule has 1 aliphatic carbocycles. The number of hydrogen-bond acceptors (Lipinski definition) is 3. The van der Waals surface area contributed by atoms with Crippen LogP contribution in [0, 0.1) is 6.92 Å². The maximum atomic E-state index is 13.7. The lowest BCUT2D eigenvalue weighted by molar-refractivity contribution is -0.130. The van der Waals surface area contributed by atoms with E-state index in [0.29, 0.717) is 29.9 Å². The number of amides is 2. The minimum absolute atomic E-state index is 0.101. The lowest BCUT2D eigenvalue weighted by Crippen LogP contribution is -2.50. The van der Waals surface area contributed by atoms with E-state index in [1.165, 1.54) is 24.0 Å². The molecule has 1 saturated carbocycles. The molecule has 0 bridgehead atoms. The van der Waals surface area contributed by atoms with E-state index in [1.54, 1.807) is 11.8 Å². The van der Waals surface area contributed by atoms with E-state index in [-0.39, 0.29) is 11.8 Å². The van der Waals surface area contributed by atoms with Gasteiger partial charge in [-0.05, 0) is 60.2 Å². The molecule has 0 radical (unpaired) electrons. The first kappa shape index (κ1) is 24.4. The van der Waals surface area contributed by atoms with Crippen LogP contribution in [-0.2, 0) is 17.9 Å². The van der Waals surface area contributed by atoms with Crippen molar-refractivity contribution < 1.29 is 9.59 Å². The quantitative estimate of drug-likeness (QED) is 0.405. The molecular weight excluding hydrogens is 464 g/mol. The highest BCUT2D eigenvalue weighted by Crippen LogP contribution is 2.42. The molecule has 184 valence electrons. The summed E-state index contributed by atoms with van der Waals surface area (Å²) >= 11 is 1.74. The molecule has 1 aliphatic heterocycles. The van der Waals surface area contributed by atoms with Crippen LogP contribution in [-0.4, -0.2) is 28.0 Å². The number of carbonyl (C=O) groups excluding carboxylic acids is 2. The summed E-state index contributed by atoms with van der Waals surface area (Å²) in [6, 6.07) is 26.0. The van der Waals surface area contributed by atoms with Crippen molar-refractivity contribution in [3.63, 3.8) is 0 Å². The van der Waals surface area contributed by atoms with E-state index in [4.69, 9.17) is 0 Å². The first-order valence-electron chi connectivity index (χ1n) is 12.7. The Morgan fingerprint density at radius 3 is 2.47 bits per heavy atom. The first-order chi connectivity index (χ1) is 17.6. The van der Waals surface area contributed by atoms with Gasteiger partial charge in [-0.15, -0.1) is 11.8 Å². The molecule has 1 heterocycles. The van der Waals surface area contributed by atoms with Crippen LogP contribution in [0.15, 0.2) is 83.8 Å². The van der Waals surface area contributed by atoms with E-state index in [2.05, 4.69) is 35.3 Å². The summed E-state index contributed by atoms with van der Waals surface area (Å²) in [6.07, 6.45) is 6.63. The molecule has 1 N–H and O–H groups in total. The van der Waals surface area contributed by atoms with Gasteiger partial charge in [-0.2, -0.15) is 0 Å². The van der Waals surface area contributed by atoms with Crippen molar-refractivity contribution in [3.05, 3.63) is 112 Å². The van der Waals surface area contributed by atoms with Gasteiger partial charge in [0.25, 0.3) is 11.8 Å². The van der Waals surface area contributed by atoms with Crippen molar-refractivity contribution in [1.82, 2.24) is 10.2 Å². The third-order valence-corrected chi connectivity index (χ3v) is 8.59. The summed E-state index contributed by atoms with van der Waals surface area (Å²) < 4.78 is 0. The molecule has 2 aliphatic rings. The molecule has 5 heteroatoms. The Kier molecular flexibility index (Phi) is 7.57. The van der Waals surface area contributed by atoms with Crippen molar-refractivity contribution in [2.75, 3.05) is 0 Å². The molecule has 5 rings (SSSR count). The predicted molar refractivity (Wildman–Crippen MR) is 147 cm³/mol. The van der Waals surface area contributed by atoms with Gasteiger partial charge in [0, 0.05) is 29.9 Å². The standard InChI is InChI=1S/C31H32N2O2S/c1-22-9-5-6-12-26(22)21-33-27-13-7-8-14-28(27)36-29(31(33)35)19-23-15-17-25(18-16-23)30(34)32-20-24-10-3-2-4-11-24/h2-6,9-12,15-19,27-28H,7-8,13-14,20-21H2,1H3,(H,32,34)/b29-19+. The second kappa shape index (κ2) is 11.2. The zero-order valence-electron chi connectivity index (χ0n) is 20.7. The van der Waals surface area contributed by atoms with E-state index in [1.807, 2.05) is 66.7 Å². The van der Waals surface area contributed by atoms with Crippen LogP contribution < -0.4 is 5.32 Å². The normalized spacial score (nSPS) is 20.8. The average Bonchev–Trinajstić information content (AvgIpc) is 2.91. The van der Waals surface area contributed by atoms with Crippen LogP contribution >= 0.6 is 11.8 Å². The molecule has 3 aromatic rings. The van der Waals surface area contributed by atoms with Gasteiger partial charge in [0.05, 0.1) is 4.91 Å². The lowest BCUT2D eigenvalue weighted by atomic mass is 9.92. The van der Waals surface area contributed by atoms with Crippen LogP contribution in [0.5, 0.6) is 0 Å². The summed E-state index contributed by atoms with van der Waals surface area (Å²) in [4.78, 5) is 29.2. The number of aryl methyl sites for hydroxylation is 1. The zero-order chi connectivity index (χ0) is 24.9. The van der Waals surface area contributed by atoms with Crippen LogP contribution in [0.3, 0.4) is 0 Å². The molecular formula is C31H32N2O2S. The van der Waals surface area contributed by atoms with Gasteiger partial charge in [0.1, 0.15) is 0 Å². The lowest BCUT2D eigenvalue weighted by Gasteiger charge is -2.44. The topological polar surface area (TPSA) is 49.4 Å². The van der Waals surface area contributed by atoms with Crippen molar-refractivity contribution in [3.8, 4) is 0 Å². The monoisotopic (exact) mass is 496 g/mol. The number of nitrogens with zero attached hydrogens (tertiary/aromatic N) is 1. The summed E-state index contributed by atoms with van der Waals surface area (Å²) in [5.74, 6) is 0.0201. The maximum absolute atomic E-state index is 13.7. The van der Waals surface area contributed by atoms with Crippen LogP contribution in [0.2, 0.25) is 0 Å². The molecule has 2 atom stereocenters. The van der Waals surface area contributed by atoms with Gasteiger partial charge in [0.15, 0.2) is 0 Å². The van der Waals surface area contributed by atoms with Crippen molar-refractivity contribution >= 4 is 29.7 Å². The van der Waals surface area contributed by atoms with Gasteiger partial charge in [-0.3, -0.25) is 9.59 Å². The molecule has 3 aromatic carbocycles. The van der Waals surface area contributed by atoms with Gasteiger partial charge in [-0.25, -0.2) is 0 Å². The number of fused-ring (bicyclic) bond motifs is 1. The summed E-state index contributed by atoms with van der Waals surface area (Å²) in [6.45, 7) is 3.27. The molecule has 2 amide bonds. The Bertz CT molecular complexity index is 1250. The smallest absolute Gasteiger partial charge is 0.260 e. The largest absolute Gasteiger partial charge is 0.348 e. The number of nitrogens with one attached hydrogen (secondary N) is 1. The van der Waals surface area contributed by atoms with E-state index in [0.717, 1.165) is 28.9 Å². The molecule has 1 saturated heterocycles. The fourth-order valence-electron chi connectivity index (χ4n) is 5.10. The van der Waals surface area contributed by atoms with Crippen LogP contribution in [0.25, 0.3) is 6.08 Å². The molecule has 4 nitrogen and oxygen atoms in total. The molecule has 0 aromatic heterocycles. The maximum Gasteiger partial charge on any atom is 0.260 e. The van der Waals surface area contributed by atoms with Gasteiger partial charge < -0.3 is 10.2 Å².